The average Bonchev–Trinajstić information content (AvgIpc) is 3.41. The first-order chi connectivity index (χ1) is 15.4. The van der Waals surface area contributed by atoms with Crippen molar-refractivity contribution in [2.75, 3.05) is 40.4 Å². The van der Waals surface area contributed by atoms with Crippen molar-refractivity contribution in [2.24, 2.45) is 0 Å². The number of Topliss-reactive ketones (excluding diaryl/α,β-unsaturated/α-hetero) is 1. The third-order valence-electron chi connectivity index (χ3n) is 5.63. The van der Waals surface area contributed by atoms with E-state index < -0.39 is 23.5 Å². The van der Waals surface area contributed by atoms with Crippen molar-refractivity contribution < 1.29 is 28.6 Å². The summed E-state index contributed by atoms with van der Waals surface area (Å²) in [6.07, 6.45) is 1.46. The van der Waals surface area contributed by atoms with E-state index in [1.54, 1.807) is 12.1 Å². The smallest absolute Gasteiger partial charge is 0.295 e. The summed E-state index contributed by atoms with van der Waals surface area (Å²) in [5.74, 6) is -0.907. The molecule has 8 nitrogen and oxygen atoms in total. The van der Waals surface area contributed by atoms with E-state index >= 15 is 0 Å². The molecule has 1 atom stereocenters. The van der Waals surface area contributed by atoms with Crippen molar-refractivity contribution in [1.29, 1.82) is 0 Å². The van der Waals surface area contributed by atoms with Gasteiger partial charge in [-0.05, 0) is 31.3 Å². The number of carbonyl (C=O) groups excluding carboxylic acids is 2. The summed E-state index contributed by atoms with van der Waals surface area (Å²) >= 11 is 6.25. The largest absolute Gasteiger partial charge is 0.507 e. The van der Waals surface area contributed by atoms with Gasteiger partial charge in [-0.1, -0.05) is 25.4 Å². The predicted octanol–water partition coefficient (Wildman–Crippen LogP) is 3.71. The van der Waals surface area contributed by atoms with Gasteiger partial charge in [-0.15, -0.1) is 0 Å². The number of hydrogen-bond acceptors (Lipinski definition) is 7. The number of nitrogens with zero attached hydrogens (tertiary/aromatic N) is 2. The van der Waals surface area contributed by atoms with Crippen molar-refractivity contribution in [3.63, 3.8) is 0 Å². The summed E-state index contributed by atoms with van der Waals surface area (Å²) in [5.41, 5.74) is 0.0978. The molecule has 1 saturated heterocycles. The van der Waals surface area contributed by atoms with E-state index in [1.807, 2.05) is 13.8 Å². The zero-order valence-electron chi connectivity index (χ0n) is 18.6. The lowest BCUT2D eigenvalue weighted by Gasteiger charge is -2.26. The van der Waals surface area contributed by atoms with E-state index in [2.05, 4.69) is 4.90 Å². The van der Waals surface area contributed by atoms with Crippen LogP contribution in [0.3, 0.4) is 0 Å². The molecular weight excluding hydrogens is 436 g/mol. The Kier molecular flexibility index (Phi) is 7.48. The topological polar surface area (TPSA) is 92.5 Å². The second kappa shape index (κ2) is 10.1. The number of benzene rings is 1. The lowest BCUT2D eigenvalue weighted by atomic mass is 9.98. The maximum atomic E-state index is 13.1. The molecule has 1 aliphatic heterocycles. The molecule has 32 heavy (non-hydrogen) atoms. The fourth-order valence-electron chi connectivity index (χ4n) is 3.83. The molecule has 3 rings (SSSR count). The minimum absolute atomic E-state index is 0.0796. The minimum Gasteiger partial charge on any atom is -0.507 e. The SMILES string of the molecule is CCN(CC)CCN1C(=O)C(=O)/C(=C(\O)c2cc(Cl)c(OC)cc2OC)C1c1ccco1. The Balaban J connectivity index is 2.13. The Morgan fingerprint density at radius 3 is 2.44 bits per heavy atom. The molecule has 2 heterocycles. The highest BCUT2D eigenvalue weighted by molar-refractivity contribution is 6.46. The summed E-state index contributed by atoms with van der Waals surface area (Å²) < 4.78 is 16.1. The van der Waals surface area contributed by atoms with E-state index in [9.17, 15) is 14.7 Å². The maximum absolute atomic E-state index is 13.1. The quantitative estimate of drug-likeness (QED) is 0.345. The summed E-state index contributed by atoms with van der Waals surface area (Å²) in [5, 5.41) is 11.4. The Morgan fingerprint density at radius 2 is 1.88 bits per heavy atom. The first-order valence-corrected chi connectivity index (χ1v) is 10.7. The molecule has 1 aromatic heterocycles. The fourth-order valence-corrected chi connectivity index (χ4v) is 4.07. The number of ketones is 1. The van der Waals surface area contributed by atoms with Crippen LogP contribution in [0.25, 0.3) is 5.76 Å². The van der Waals surface area contributed by atoms with Crippen molar-refractivity contribution >= 4 is 29.1 Å². The van der Waals surface area contributed by atoms with Crippen LogP contribution in [-0.2, 0) is 9.59 Å². The maximum Gasteiger partial charge on any atom is 0.295 e. The van der Waals surface area contributed by atoms with Gasteiger partial charge in [0.1, 0.15) is 29.1 Å². The third-order valence-corrected chi connectivity index (χ3v) is 5.93. The van der Waals surface area contributed by atoms with Crippen LogP contribution in [0.1, 0.15) is 31.2 Å². The monoisotopic (exact) mass is 462 g/mol. The highest BCUT2D eigenvalue weighted by Gasteiger charge is 2.47. The third kappa shape index (κ3) is 4.33. The summed E-state index contributed by atoms with van der Waals surface area (Å²) in [6, 6.07) is 5.43. The average molecular weight is 463 g/mol. The van der Waals surface area contributed by atoms with Crippen LogP contribution in [0.15, 0.2) is 40.5 Å². The predicted molar refractivity (Wildman–Crippen MR) is 120 cm³/mol. The number of furan rings is 1. The number of rotatable bonds is 9. The zero-order chi connectivity index (χ0) is 23.4. The van der Waals surface area contributed by atoms with Gasteiger partial charge in [0.15, 0.2) is 0 Å². The van der Waals surface area contributed by atoms with Gasteiger partial charge < -0.3 is 28.8 Å². The molecule has 1 unspecified atom stereocenters. The summed E-state index contributed by atoms with van der Waals surface area (Å²) in [6.45, 7) is 6.56. The van der Waals surface area contributed by atoms with Crippen molar-refractivity contribution in [1.82, 2.24) is 9.80 Å². The van der Waals surface area contributed by atoms with Crippen LogP contribution in [0.2, 0.25) is 5.02 Å². The van der Waals surface area contributed by atoms with Crippen molar-refractivity contribution in [2.45, 2.75) is 19.9 Å². The molecule has 0 spiro atoms. The minimum atomic E-state index is -0.869. The van der Waals surface area contributed by atoms with Crippen molar-refractivity contribution in [3.8, 4) is 11.5 Å². The number of ether oxygens (including phenoxy) is 2. The second-order valence-corrected chi connectivity index (χ2v) is 7.63. The molecule has 0 radical (unpaired) electrons. The van der Waals surface area contributed by atoms with E-state index in [-0.39, 0.29) is 21.9 Å². The van der Waals surface area contributed by atoms with E-state index in [1.165, 1.54) is 37.5 Å². The molecule has 0 bridgehead atoms. The first-order valence-electron chi connectivity index (χ1n) is 10.3. The number of aliphatic hydroxyl groups is 1. The zero-order valence-corrected chi connectivity index (χ0v) is 19.3. The van der Waals surface area contributed by atoms with Crippen LogP contribution in [0, 0.1) is 0 Å². The number of aliphatic hydroxyl groups excluding tert-OH is 1. The lowest BCUT2D eigenvalue weighted by molar-refractivity contribution is -0.140. The van der Waals surface area contributed by atoms with Crippen LogP contribution in [-0.4, -0.2) is 67.0 Å². The van der Waals surface area contributed by atoms with E-state index in [4.69, 9.17) is 25.5 Å². The summed E-state index contributed by atoms with van der Waals surface area (Å²) in [4.78, 5) is 29.6. The molecule has 172 valence electrons. The number of likely N-dealkylation sites (N-methyl/N-ethyl adjacent to an activating group) is 1. The fraction of sp³-hybridized carbons (Fsp3) is 0.391. The molecule has 1 aliphatic rings. The molecular formula is C23H27ClN2O6. The van der Waals surface area contributed by atoms with Gasteiger partial charge in [0.25, 0.3) is 11.7 Å². The van der Waals surface area contributed by atoms with Gasteiger partial charge in [-0.2, -0.15) is 0 Å². The number of hydrogen-bond donors (Lipinski definition) is 1. The van der Waals surface area contributed by atoms with Gasteiger partial charge in [0, 0.05) is 19.2 Å². The lowest BCUT2D eigenvalue weighted by Crippen LogP contribution is -2.37. The number of carbonyl (C=O) groups is 2. The highest BCUT2D eigenvalue weighted by Crippen LogP contribution is 2.43. The Hall–Kier alpha value is -2.97. The molecule has 1 amide bonds. The Morgan fingerprint density at radius 1 is 1.19 bits per heavy atom. The molecule has 0 saturated carbocycles. The summed E-state index contributed by atoms with van der Waals surface area (Å²) in [7, 11) is 2.88. The molecule has 1 N–H and O–H groups in total. The van der Waals surface area contributed by atoms with Gasteiger partial charge in [0.05, 0.1) is 36.6 Å². The Bertz CT molecular complexity index is 1010. The second-order valence-electron chi connectivity index (χ2n) is 7.22. The number of methoxy groups -OCH3 is 2. The van der Waals surface area contributed by atoms with Crippen LogP contribution >= 0.6 is 11.6 Å². The number of amides is 1. The van der Waals surface area contributed by atoms with Crippen LogP contribution in [0.4, 0.5) is 0 Å². The van der Waals surface area contributed by atoms with Gasteiger partial charge in [-0.3, -0.25) is 9.59 Å². The molecule has 1 aromatic carbocycles. The highest BCUT2D eigenvalue weighted by atomic mass is 35.5. The molecule has 1 fully saturated rings. The molecule has 0 aliphatic carbocycles. The normalized spacial score (nSPS) is 17.9. The van der Waals surface area contributed by atoms with Crippen molar-refractivity contribution in [3.05, 3.63) is 52.4 Å². The number of halogens is 1. The van der Waals surface area contributed by atoms with Crippen LogP contribution < -0.4 is 9.47 Å². The molecule has 2 aromatic rings. The van der Waals surface area contributed by atoms with E-state index in [0.29, 0.717) is 24.6 Å². The number of likely N-dealkylation sites (tertiary alicyclic amines) is 1. The van der Waals surface area contributed by atoms with E-state index in [0.717, 1.165) is 13.1 Å². The Labute approximate surface area is 191 Å². The van der Waals surface area contributed by atoms with Gasteiger partial charge in [0.2, 0.25) is 0 Å². The first kappa shape index (κ1) is 23.7. The van der Waals surface area contributed by atoms with Gasteiger partial charge in [-0.25, -0.2) is 0 Å². The standard InChI is InChI=1S/C23H27ClN2O6/c1-5-25(6-2)9-10-26-20(16-8-7-11-32-16)19(22(28)23(26)29)21(27)14-12-15(24)18(31-4)13-17(14)30-3/h7-8,11-13,20,27H,5-6,9-10H2,1-4H3/b21-19-. The van der Waals surface area contributed by atoms with Gasteiger partial charge >= 0.3 is 0 Å². The van der Waals surface area contributed by atoms with Crippen LogP contribution in [0.5, 0.6) is 11.5 Å². The molecule has 9 heteroatoms.